The van der Waals surface area contributed by atoms with E-state index in [0.29, 0.717) is 6.54 Å². The molecule has 0 saturated heterocycles. The Balaban J connectivity index is 2.59. The smallest absolute Gasteiger partial charge is 0.108 e. The first-order valence-corrected chi connectivity index (χ1v) is 5.34. The molecular weight excluding hydrogens is 190 g/mol. The van der Waals surface area contributed by atoms with Gasteiger partial charge in [-0.15, -0.1) is 0 Å². The average Bonchev–Trinajstić information content (AvgIpc) is 2.60. The molecule has 1 aromatic rings. The molecule has 0 spiro atoms. The summed E-state index contributed by atoms with van der Waals surface area (Å²) < 4.78 is 2.00. The molecule has 0 aliphatic heterocycles. The predicted molar refractivity (Wildman–Crippen MR) is 60.4 cm³/mol. The number of aliphatic hydroxyl groups is 1. The molecule has 0 amide bonds. The predicted octanol–water partition coefficient (Wildman–Crippen LogP) is 0.698. The van der Waals surface area contributed by atoms with Gasteiger partial charge in [-0.25, -0.2) is 4.98 Å². The summed E-state index contributed by atoms with van der Waals surface area (Å²) in [6.45, 7) is 4.31. The first-order valence-electron chi connectivity index (χ1n) is 5.34. The van der Waals surface area contributed by atoms with E-state index in [1.807, 2.05) is 24.7 Å². The zero-order chi connectivity index (χ0) is 11.5. The second-order valence-electron chi connectivity index (χ2n) is 4.49. The van der Waals surface area contributed by atoms with Crippen LogP contribution in [0.5, 0.6) is 0 Å². The minimum atomic E-state index is -0.386. The van der Waals surface area contributed by atoms with Crippen molar-refractivity contribution in [2.24, 2.45) is 18.2 Å². The maximum atomic E-state index is 9.66. The topological polar surface area (TPSA) is 64.1 Å². The zero-order valence-corrected chi connectivity index (χ0v) is 9.77. The molecule has 0 radical (unpaired) electrons. The highest BCUT2D eigenvalue weighted by Crippen LogP contribution is 2.26. The first-order chi connectivity index (χ1) is 6.99. The van der Waals surface area contributed by atoms with Crippen molar-refractivity contribution in [3.63, 3.8) is 0 Å². The van der Waals surface area contributed by atoms with E-state index in [1.165, 1.54) is 0 Å². The van der Waals surface area contributed by atoms with Crippen LogP contribution in [0.15, 0.2) is 12.4 Å². The number of aromatic nitrogens is 2. The minimum Gasteiger partial charge on any atom is -0.393 e. The van der Waals surface area contributed by atoms with Gasteiger partial charge >= 0.3 is 0 Å². The van der Waals surface area contributed by atoms with Gasteiger partial charge in [0.1, 0.15) is 5.82 Å². The molecule has 2 atom stereocenters. The maximum absolute atomic E-state index is 9.66. The first kappa shape index (κ1) is 12.2. The molecule has 86 valence electrons. The molecule has 4 heteroatoms. The summed E-state index contributed by atoms with van der Waals surface area (Å²) in [6, 6.07) is 0. The summed E-state index contributed by atoms with van der Waals surface area (Å²) in [7, 11) is 1.98. The summed E-state index contributed by atoms with van der Waals surface area (Å²) in [6.07, 6.45) is 5.03. The Kier molecular flexibility index (Phi) is 3.88. The number of nitrogens with zero attached hydrogens (tertiary/aromatic N) is 2. The van der Waals surface area contributed by atoms with E-state index >= 15 is 0 Å². The highest BCUT2D eigenvalue weighted by atomic mass is 16.3. The summed E-state index contributed by atoms with van der Waals surface area (Å²) >= 11 is 0. The lowest BCUT2D eigenvalue weighted by atomic mass is 9.80. The lowest BCUT2D eigenvalue weighted by Gasteiger charge is -2.31. The summed E-state index contributed by atoms with van der Waals surface area (Å²) in [5, 5.41) is 9.66. The third-order valence-corrected chi connectivity index (χ3v) is 3.32. The van der Waals surface area contributed by atoms with Gasteiger partial charge in [0.25, 0.3) is 0 Å². The number of rotatable bonds is 5. The van der Waals surface area contributed by atoms with Crippen LogP contribution in [0.3, 0.4) is 0 Å². The third kappa shape index (κ3) is 2.79. The standard InChI is InChI=1S/C11H21N3O/c1-9(15)11(2,8-12)5-4-10-13-6-7-14(10)3/h6-7,9,15H,4-5,8,12H2,1-3H3. The lowest BCUT2D eigenvalue weighted by Crippen LogP contribution is -2.38. The van der Waals surface area contributed by atoms with Crippen LogP contribution in [0.1, 0.15) is 26.1 Å². The normalized spacial score (nSPS) is 17.4. The van der Waals surface area contributed by atoms with Gasteiger partial charge in [0.2, 0.25) is 0 Å². The van der Waals surface area contributed by atoms with E-state index in [2.05, 4.69) is 4.98 Å². The van der Waals surface area contributed by atoms with E-state index in [0.717, 1.165) is 18.7 Å². The average molecular weight is 211 g/mol. The zero-order valence-electron chi connectivity index (χ0n) is 9.77. The van der Waals surface area contributed by atoms with Gasteiger partial charge < -0.3 is 15.4 Å². The van der Waals surface area contributed by atoms with Crippen LogP contribution in [-0.4, -0.2) is 27.3 Å². The van der Waals surface area contributed by atoms with E-state index in [-0.39, 0.29) is 11.5 Å². The van der Waals surface area contributed by atoms with Crippen LogP contribution in [0.25, 0.3) is 0 Å². The van der Waals surface area contributed by atoms with Gasteiger partial charge in [-0.3, -0.25) is 0 Å². The van der Waals surface area contributed by atoms with Crippen molar-refractivity contribution < 1.29 is 5.11 Å². The second-order valence-corrected chi connectivity index (χ2v) is 4.49. The van der Waals surface area contributed by atoms with Crippen molar-refractivity contribution in [3.8, 4) is 0 Å². The fraction of sp³-hybridized carbons (Fsp3) is 0.727. The van der Waals surface area contributed by atoms with Crippen LogP contribution in [0, 0.1) is 5.41 Å². The fourth-order valence-corrected chi connectivity index (χ4v) is 1.52. The Bertz CT molecular complexity index is 309. The van der Waals surface area contributed by atoms with Crippen molar-refractivity contribution in [2.45, 2.75) is 32.8 Å². The quantitative estimate of drug-likeness (QED) is 0.753. The van der Waals surface area contributed by atoms with Crippen LogP contribution in [0.4, 0.5) is 0 Å². The molecule has 1 aromatic heterocycles. The van der Waals surface area contributed by atoms with Gasteiger partial charge in [0, 0.05) is 37.8 Å². The highest BCUT2D eigenvalue weighted by molar-refractivity contribution is 4.94. The molecular formula is C11H21N3O. The molecule has 15 heavy (non-hydrogen) atoms. The van der Waals surface area contributed by atoms with Crippen molar-refractivity contribution in [1.82, 2.24) is 9.55 Å². The number of nitrogens with two attached hydrogens (primary N) is 1. The molecule has 1 rings (SSSR count). The molecule has 0 aliphatic rings. The Labute approximate surface area is 91.1 Å². The molecule has 0 aliphatic carbocycles. The lowest BCUT2D eigenvalue weighted by molar-refractivity contribution is 0.0518. The van der Waals surface area contributed by atoms with Crippen molar-refractivity contribution in [2.75, 3.05) is 6.54 Å². The molecule has 4 nitrogen and oxygen atoms in total. The Hall–Kier alpha value is -0.870. The van der Waals surface area contributed by atoms with Crippen LogP contribution < -0.4 is 5.73 Å². The number of hydrogen-bond donors (Lipinski definition) is 2. The molecule has 0 fully saturated rings. The van der Waals surface area contributed by atoms with E-state index in [9.17, 15) is 5.11 Å². The maximum Gasteiger partial charge on any atom is 0.108 e. The number of imidazole rings is 1. The molecule has 0 saturated carbocycles. The molecule has 3 N–H and O–H groups in total. The number of aliphatic hydroxyl groups excluding tert-OH is 1. The van der Waals surface area contributed by atoms with Crippen LogP contribution >= 0.6 is 0 Å². The van der Waals surface area contributed by atoms with Crippen molar-refractivity contribution in [1.29, 1.82) is 0 Å². The third-order valence-electron chi connectivity index (χ3n) is 3.32. The van der Waals surface area contributed by atoms with Crippen molar-refractivity contribution in [3.05, 3.63) is 18.2 Å². The van der Waals surface area contributed by atoms with Gasteiger partial charge in [-0.1, -0.05) is 6.92 Å². The Morgan fingerprint density at radius 1 is 1.67 bits per heavy atom. The largest absolute Gasteiger partial charge is 0.393 e. The fourth-order valence-electron chi connectivity index (χ4n) is 1.52. The van der Waals surface area contributed by atoms with Crippen LogP contribution in [0.2, 0.25) is 0 Å². The molecule has 0 bridgehead atoms. The Morgan fingerprint density at radius 2 is 2.33 bits per heavy atom. The Morgan fingerprint density at radius 3 is 2.73 bits per heavy atom. The minimum absolute atomic E-state index is 0.216. The SMILES string of the molecule is CC(O)C(C)(CN)CCc1nccn1C. The van der Waals surface area contributed by atoms with Crippen LogP contribution in [-0.2, 0) is 13.5 Å². The number of aryl methyl sites for hydroxylation is 2. The summed E-state index contributed by atoms with van der Waals surface area (Å²) in [4.78, 5) is 4.25. The van der Waals surface area contributed by atoms with Gasteiger partial charge in [0.05, 0.1) is 6.10 Å². The summed E-state index contributed by atoms with van der Waals surface area (Å²) in [5.74, 6) is 1.04. The summed E-state index contributed by atoms with van der Waals surface area (Å²) in [5.41, 5.74) is 5.48. The highest BCUT2D eigenvalue weighted by Gasteiger charge is 2.28. The van der Waals surface area contributed by atoms with E-state index in [1.54, 1.807) is 13.1 Å². The van der Waals surface area contributed by atoms with E-state index < -0.39 is 0 Å². The van der Waals surface area contributed by atoms with E-state index in [4.69, 9.17) is 5.73 Å². The molecule has 1 heterocycles. The molecule has 2 unspecified atom stereocenters. The van der Waals surface area contributed by atoms with Gasteiger partial charge in [-0.2, -0.15) is 0 Å². The number of hydrogen-bond acceptors (Lipinski definition) is 3. The monoisotopic (exact) mass is 211 g/mol. The molecule has 0 aromatic carbocycles. The second kappa shape index (κ2) is 4.77. The van der Waals surface area contributed by atoms with Gasteiger partial charge in [0.15, 0.2) is 0 Å². The van der Waals surface area contributed by atoms with Crippen molar-refractivity contribution >= 4 is 0 Å². The van der Waals surface area contributed by atoms with Gasteiger partial charge in [-0.05, 0) is 13.3 Å².